The minimum atomic E-state index is -1.95. The molecule has 0 aliphatic carbocycles. The molecule has 0 N–H and O–H groups in total. The lowest BCUT2D eigenvalue weighted by molar-refractivity contribution is -0.0000343. The van der Waals surface area contributed by atoms with Gasteiger partial charge in [-0.1, -0.05) is 18.2 Å². The summed E-state index contributed by atoms with van der Waals surface area (Å²) in [6.45, 7) is 2.24. The van der Waals surface area contributed by atoms with Crippen LogP contribution in [0.5, 0.6) is 0 Å². The summed E-state index contributed by atoms with van der Waals surface area (Å²) in [4.78, 5) is 23.6. The molecule has 0 radical (unpaired) electrons. The smallest absolute Gasteiger partial charge is 0.337 e. The molecule has 0 fully saturated rings. The lowest BCUT2D eigenvalue weighted by Crippen LogP contribution is -3.00. The zero-order valence-electron chi connectivity index (χ0n) is 16.5. The van der Waals surface area contributed by atoms with Crippen LogP contribution >= 0.6 is 7.26 Å². The van der Waals surface area contributed by atoms with Crippen molar-refractivity contribution in [2.45, 2.75) is 0 Å². The number of methoxy groups -OCH3 is 2. The summed E-state index contributed by atoms with van der Waals surface area (Å²) < 4.78 is 9.61. The van der Waals surface area contributed by atoms with Gasteiger partial charge in [0, 0.05) is 0 Å². The third kappa shape index (κ3) is 4.68. The zero-order chi connectivity index (χ0) is 20.1. The molecular weight excluding hydrogens is 498 g/mol. The van der Waals surface area contributed by atoms with E-state index in [2.05, 4.69) is 18.8 Å². The summed E-state index contributed by atoms with van der Waals surface area (Å²) in [5, 5.41) is 3.49. The van der Waals surface area contributed by atoms with Gasteiger partial charge in [0.15, 0.2) is 0 Å². The maximum absolute atomic E-state index is 11.8. The fourth-order valence-electron chi connectivity index (χ4n) is 3.20. The van der Waals surface area contributed by atoms with Crippen molar-refractivity contribution in [1.29, 1.82) is 0 Å². The zero-order valence-corrected chi connectivity index (χ0v) is 19.5. The molecule has 0 saturated carbocycles. The molecule has 150 valence electrons. The van der Waals surface area contributed by atoms with Crippen molar-refractivity contribution in [2.24, 2.45) is 0 Å². The minimum Gasteiger partial charge on any atom is -1.00 e. The maximum atomic E-state index is 11.8. The molecule has 0 aliphatic rings. The topological polar surface area (TPSA) is 52.6 Å². The fourth-order valence-corrected chi connectivity index (χ4v) is 6.35. The monoisotopic (exact) mass is 520 g/mol. The molecule has 0 atom stereocenters. The summed E-state index contributed by atoms with van der Waals surface area (Å²) in [5.41, 5.74) is 1.04. The second-order valence-electron chi connectivity index (χ2n) is 6.42. The molecule has 29 heavy (non-hydrogen) atoms. The van der Waals surface area contributed by atoms with Gasteiger partial charge in [-0.2, -0.15) is 0 Å². The van der Waals surface area contributed by atoms with E-state index in [0.717, 1.165) is 10.6 Å². The van der Waals surface area contributed by atoms with E-state index in [0.29, 0.717) is 11.1 Å². The Morgan fingerprint density at radius 1 is 0.621 bits per heavy atom. The first-order chi connectivity index (χ1) is 13.5. The Hall–Kier alpha value is -2.24. The molecule has 0 amide bonds. The Kier molecular flexibility index (Phi) is 7.94. The van der Waals surface area contributed by atoms with E-state index in [1.54, 1.807) is 24.3 Å². The van der Waals surface area contributed by atoms with E-state index >= 15 is 0 Å². The Balaban J connectivity index is 0.00000300. The van der Waals surface area contributed by atoms with Gasteiger partial charge in [0.2, 0.25) is 0 Å². The predicted octanol–water partition coefficient (Wildman–Crippen LogP) is 0.188. The van der Waals surface area contributed by atoms with Crippen LogP contribution in [0.2, 0.25) is 0 Å². The molecule has 0 unspecified atom stereocenters. The first-order valence-electron chi connectivity index (χ1n) is 8.80. The van der Waals surface area contributed by atoms with Gasteiger partial charge >= 0.3 is 11.9 Å². The summed E-state index contributed by atoms with van der Waals surface area (Å²) in [6.07, 6.45) is 0. The quantitative estimate of drug-likeness (QED) is 0.274. The lowest BCUT2D eigenvalue weighted by atomic mass is 10.2. The van der Waals surface area contributed by atoms with Crippen molar-refractivity contribution in [1.82, 2.24) is 0 Å². The molecule has 0 aromatic heterocycles. The highest BCUT2D eigenvalue weighted by atomic mass is 127. The van der Waals surface area contributed by atoms with Crippen molar-refractivity contribution in [3.63, 3.8) is 0 Å². The van der Waals surface area contributed by atoms with Crippen molar-refractivity contribution in [3.05, 3.63) is 90.0 Å². The van der Waals surface area contributed by atoms with Crippen LogP contribution < -0.4 is 39.9 Å². The van der Waals surface area contributed by atoms with Crippen LogP contribution in [0.4, 0.5) is 0 Å². The average molecular weight is 520 g/mol. The van der Waals surface area contributed by atoms with Gasteiger partial charge in [-0.25, -0.2) is 9.59 Å². The highest BCUT2D eigenvalue weighted by Crippen LogP contribution is 2.51. The first kappa shape index (κ1) is 23.0. The molecular formula is C23H22IO4P. The standard InChI is InChI=1S/C23H22O4P.HI/c1-26-22(24)17-9-13-20(14-10-17)28(3,19-7-5-4-6-8-19)21-15-11-18(12-16-21)23(25)27-2;/h4-16H,1-3H3;1H/q+1;/p-1. The number of rotatable bonds is 5. The highest BCUT2D eigenvalue weighted by molar-refractivity contribution is 7.95. The number of esters is 2. The normalized spacial score (nSPS) is 10.6. The summed E-state index contributed by atoms with van der Waals surface area (Å²) in [6, 6.07) is 25.4. The number of ether oxygens (including phenoxy) is 2. The number of carbonyl (C=O) groups is 2. The van der Waals surface area contributed by atoms with Gasteiger partial charge < -0.3 is 33.5 Å². The predicted molar refractivity (Wildman–Crippen MR) is 114 cm³/mol. The Morgan fingerprint density at radius 2 is 0.966 bits per heavy atom. The van der Waals surface area contributed by atoms with E-state index in [-0.39, 0.29) is 35.9 Å². The lowest BCUT2D eigenvalue weighted by Gasteiger charge is -2.23. The van der Waals surface area contributed by atoms with E-state index < -0.39 is 7.26 Å². The number of benzene rings is 3. The van der Waals surface area contributed by atoms with Crippen LogP contribution in [0.15, 0.2) is 78.9 Å². The number of halogens is 1. The number of hydrogen-bond acceptors (Lipinski definition) is 4. The summed E-state index contributed by atoms with van der Waals surface area (Å²) in [7, 11) is 0.803. The Bertz CT molecular complexity index is 911. The Labute approximate surface area is 188 Å². The van der Waals surface area contributed by atoms with Crippen LogP contribution in [0.25, 0.3) is 0 Å². The summed E-state index contributed by atoms with van der Waals surface area (Å²) in [5.74, 6) is -0.706. The fraction of sp³-hybridized carbons (Fsp3) is 0.130. The van der Waals surface area contributed by atoms with Gasteiger partial charge in [0.25, 0.3) is 0 Å². The van der Waals surface area contributed by atoms with E-state index in [1.165, 1.54) is 19.5 Å². The van der Waals surface area contributed by atoms with Crippen molar-refractivity contribution in [3.8, 4) is 0 Å². The molecule has 0 saturated heterocycles. The summed E-state index contributed by atoms with van der Waals surface area (Å²) >= 11 is 0. The highest BCUT2D eigenvalue weighted by Gasteiger charge is 2.40. The van der Waals surface area contributed by atoms with Crippen LogP contribution in [0.3, 0.4) is 0 Å². The molecule has 3 aromatic rings. The minimum absolute atomic E-state index is 0. The van der Waals surface area contributed by atoms with Gasteiger partial charge in [-0.05, 0) is 60.7 Å². The van der Waals surface area contributed by atoms with Crippen LogP contribution in [0.1, 0.15) is 20.7 Å². The number of hydrogen-bond donors (Lipinski definition) is 0. The van der Waals surface area contributed by atoms with Gasteiger partial charge in [-0.3, -0.25) is 0 Å². The molecule has 0 aliphatic heterocycles. The maximum Gasteiger partial charge on any atom is 0.337 e. The molecule has 6 heteroatoms. The second-order valence-corrected chi connectivity index (χ2v) is 9.98. The molecule has 0 bridgehead atoms. The van der Waals surface area contributed by atoms with Crippen molar-refractivity contribution in [2.75, 3.05) is 20.9 Å². The van der Waals surface area contributed by atoms with Gasteiger partial charge in [0.1, 0.15) is 23.2 Å². The third-order valence-electron chi connectivity index (χ3n) is 4.88. The van der Waals surface area contributed by atoms with Gasteiger partial charge in [-0.15, -0.1) is 0 Å². The molecule has 3 rings (SSSR count). The van der Waals surface area contributed by atoms with Gasteiger partial charge in [0.05, 0.1) is 32.0 Å². The van der Waals surface area contributed by atoms with Crippen LogP contribution in [-0.2, 0) is 9.47 Å². The van der Waals surface area contributed by atoms with Crippen molar-refractivity contribution >= 4 is 35.1 Å². The van der Waals surface area contributed by atoms with Crippen LogP contribution in [-0.4, -0.2) is 32.8 Å². The SMILES string of the molecule is COC(=O)c1ccc([P+](C)(c2ccccc2)c2ccc(C(=O)OC)cc2)cc1.[I-]. The Morgan fingerprint density at radius 3 is 1.31 bits per heavy atom. The third-order valence-corrected chi connectivity index (χ3v) is 8.88. The van der Waals surface area contributed by atoms with E-state index in [4.69, 9.17) is 9.47 Å². The van der Waals surface area contributed by atoms with Crippen LogP contribution in [0, 0.1) is 0 Å². The second kappa shape index (κ2) is 9.99. The van der Waals surface area contributed by atoms with E-state index in [9.17, 15) is 9.59 Å². The van der Waals surface area contributed by atoms with E-state index in [1.807, 2.05) is 42.5 Å². The average Bonchev–Trinajstić information content (AvgIpc) is 2.78. The molecule has 4 nitrogen and oxygen atoms in total. The van der Waals surface area contributed by atoms with Crippen molar-refractivity contribution < 1.29 is 43.0 Å². The molecule has 3 aromatic carbocycles. The largest absolute Gasteiger partial charge is 1.00 e. The molecule has 0 spiro atoms. The molecule has 0 heterocycles. The first-order valence-corrected chi connectivity index (χ1v) is 11.0. The number of carbonyl (C=O) groups excluding carboxylic acids is 2.